The number of alkyl halides is 3. The first-order chi connectivity index (χ1) is 13.7. The fourth-order valence-electron chi connectivity index (χ4n) is 3.32. The molecule has 2 aliphatic heterocycles. The number of oxime groups is 1. The summed E-state index contributed by atoms with van der Waals surface area (Å²) >= 11 is 0. The van der Waals surface area contributed by atoms with E-state index in [1.807, 2.05) is 0 Å². The van der Waals surface area contributed by atoms with Crippen LogP contribution in [0.15, 0.2) is 53.7 Å². The Morgan fingerprint density at radius 1 is 1.03 bits per heavy atom. The summed E-state index contributed by atoms with van der Waals surface area (Å²) in [7, 11) is 0. The van der Waals surface area contributed by atoms with E-state index in [-0.39, 0.29) is 17.0 Å². The predicted molar refractivity (Wildman–Crippen MR) is 91.9 cm³/mol. The SMILES string of the molecule is O=C1[C@H]2C(c3ccc([N+](=O)[O-])cc3)=NO[C@@H]2C(=O)N1c1ccccc1C(F)(F)F. The molecule has 148 valence electrons. The third-order valence-electron chi connectivity index (χ3n) is 4.64. The molecule has 2 amide bonds. The average Bonchev–Trinajstić information content (AvgIpc) is 3.21. The smallest absolute Gasteiger partial charge is 0.381 e. The van der Waals surface area contributed by atoms with Gasteiger partial charge in [0.1, 0.15) is 11.6 Å². The van der Waals surface area contributed by atoms with Crippen molar-refractivity contribution in [2.45, 2.75) is 12.3 Å². The van der Waals surface area contributed by atoms with Crippen LogP contribution in [0, 0.1) is 16.0 Å². The number of non-ortho nitro benzene ring substituents is 1. The second-order valence-corrected chi connectivity index (χ2v) is 6.31. The van der Waals surface area contributed by atoms with Gasteiger partial charge in [-0.1, -0.05) is 17.3 Å². The van der Waals surface area contributed by atoms with Crippen LogP contribution >= 0.6 is 0 Å². The summed E-state index contributed by atoms with van der Waals surface area (Å²) in [6, 6.07) is 9.26. The number of rotatable bonds is 3. The molecule has 1 saturated heterocycles. The Morgan fingerprint density at radius 2 is 1.69 bits per heavy atom. The first kappa shape index (κ1) is 18.6. The van der Waals surface area contributed by atoms with Crippen LogP contribution in [0.25, 0.3) is 0 Å². The molecule has 0 N–H and O–H groups in total. The third kappa shape index (κ3) is 2.91. The molecule has 2 aliphatic rings. The predicted octanol–water partition coefficient (Wildman–Crippen LogP) is 2.91. The van der Waals surface area contributed by atoms with E-state index in [1.54, 1.807) is 0 Å². The van der Waals surface area contributed by atoms with Gasteiger partial charge in [-0.25, -0.2) is 4.90 Å². The Labute approximate surface area is 160 Å². The first-order valence-corrected chi connectivity index (χ1v) is 8.22. The van der Waals surface area contributed by atoms with Gasteiger partial charge in [0, 0.05) is 17.7 Å². The highest BCUT2D eigenvalue weighted by Crippen LogP contribution is 2.41. The number of nitrogens with zero attached hydrogens (tertiary/aromatic N) is 3. The van der Waals surface area contributed by atoms with E-state index < -0.39 is 46.2 Å². The van der Waals surface area contributed by atoms with Crippen LogP contribution in [0.1, 0.15) is 11.1 Å². The fraction of sp³-hybridized carbons (Fsp3) is 0.167. The Morgan fingerprint density at radius 3 is 2.31 bits per heavy atom. The van der Waals surface area contributed by atoms with E-state index >= 15 is 0 Å². The lowest BCUT2D eigenvalue weighted by Gasteiger charge is -2.20. The maximum absolute atomic E-state index is 13.3. The molecule has 2 aromatic rings. The number of carbonyl (C=O) groups excluding carboxylic acids is 2. The Balaban J connectivity index is 1.71. The summed E-state index contributed by atoms with van der Waals surface area (Å²) in [5.74, 6) is -3.12. The number of hydrogen-bond donors (Lipinski definition) is 0. The number of fused-ring (bicyclic) bond motifs is 1. The number of nitro benzene ring substituents is 1. The lowest BCUT2D eigenvalue weighted by atomic mass is 9.94. The monoisotopic (exact) mass is 405 g/mol. The van der Waals surface area contributed by atoms with E-state index in [0.29, 0.717) is 4.90 Å². The molecule has 1 fully saturated rings. The van der Waals surface area contributed by atoms with Gasteiger partial charge in [-0.15, -0.1) is 0 Å². The maximum Gasteiger partial charge on any atom is 0.418 e. The molecule has 0 saturated carbocycles. The van der Waals surface area contributed by atoms with Gasteiger partial charge in [0.05, 0.1) is 16.2 Å². The van der Waals surface area contributed by atoms with Crippen molar-refractivity contribution >= 4 is 28.9 Å². The molecule has 2 heterocycles. The molecule has 2 aromatic carbocycles. The average molecular weight is 405 g/mol. The van der Waals surface area contributed by atoms with Crippen molar-refractivity contribution in [3.8, 4) is 0 Å². The van der Waals surface area contributed by atoms with E-state index in [9.17, 15) is 32.9 Å². The summed E-state index contributed by atoms with van der Waals surface area (Å²) < 4.78 is 40.0. The summed E-state index contributed by atoms with van der Waals surface area (Å²) in [6.45, 7) is 0. The van der Waals surface area contributed by atoms with Crippen LogP contribution in [0.2, 0.25) is 0 Å². The summed E-state index contributed by atoms with van der Waals surface area (Å²) in [6.07, 6.45) is -6.17. The third-order valence-corrected chi connectivity index (χ3v) is 4.64. The van der Waals surface area contributed by atoms with Gasteiger partial charge < -0.3 is 4.84 Å². The molecule has 8 nitrogen and oxygen atoms in total. The van der Waals surface area contributed by atoms with Crippen molar-refractivity contribution in [2.24, 2.45) is 11.1 Å². The number of carbonyl (C=O) groups is 2. The Kier molecular flexibility index (Phi) is 4.10. The van der Waals surface area contributed by atoms with Crippen molar-refractivity contribution in [1.82, 2.24) is 0 Å². The van der Waals surface area contributed by atoms with Crippen molar-refractivity contribution < 1.29 is 32.5 Å². The second-order valence-electron chi connectivity index (χ2n) is 6.31. The molecule has 0 bridgehead atoms. The molecule has 4 rings (SSSR count). The fourth-order valence-corrected chi connectivity index (χ4v) is 3.32. The zero-order valence-electron chi connectivity index (χ0n) is 14.3. The van der Waals surface area contributed by atoms with Crippen molar-refractivity contribution in [3.05, 3.63) is 69.8 Å². The van der Waals surface area contributed by atoms with E-state index in [4.69, 9.17) is 4.84 Å². The molecule has 11 heteroatoms. The standard InChI is InChI=1S/C18H10F3N3O5/c19-18(20,21)11-3-1-2-4-12(11)23-16(25)13-14(22-29-15(13)17(23)26)9-5-7-10(8-6-9)24(27)28/h1-8,13,15H/t13-,15-/m0/s1. The number of imide groups is 1. The number of halogens is 3. The summed E-state index contributed by atoms with van der Waals surface area (Å²) in [5, 5.41) is 14.5. The maximum atomic E-state index is 13.3. The van der Waals surface area contributed by atoms with Gasteiger partial charge in [-0.3, -0.25) is 19.7 Å². The quantitative estimate of drug-likeness (QED) is 0.444. The lowest BCUT2D eigenvalue weighted by Crippen LogP contribution is -2.34. The highest BCUT2D eigenvalue weighted by atomic mass is 19.4. The number of hydrogen-bond acceptors (Lipinski definition) is 6. The van der Waals surface area contributed by atoms with Gasteiger partial charge in [0.25, 0.3) is 11.6 Å². The van der Waals surface area contributed by atoms with Crippen LogP contribution in [0.4, 0.5) is 24.5 Å². The summed E-state index contributed by atoms with van der Waals surface area (Å²) in [4.78, 5) is 41.2. The highest BCUT2D eigenvalue weighted by molar-refractivity contribution is 6.32. The minimum absolute atomic E-state index is 0.0234. The second kappa shape index (κ2) is 6.40. The zero-order chi connectivity index (χ0) is 20.9. The topological polar surface area (TPSA) is 102 Å². The van der Waals surface area contributed by atoms with Gasteiger partial charge in [-0.2, -0.15) is 13.2 Å². The minimum atomic E-state index is -4.77. The Bertz CT molecular complexity index is 1070. The van der Waals surface area contributed by atoms with Crippen LogP contribution in [-0.2, 0) is 20.6 Å². The minimum Gasteiger partial charge on any atom is -0.381 e. The zero-order valence-corrected chi connectivity index (χ0v) is 14.3. The molecular weight excluding hydrogens is 395 g/mol. The van der Waals surface area contributed by atoms with E-state index in [1.165, 1.54) is 30.3 Å². The van der Waals surface area contributed by atoms with Gasteiger partial charge in [0.2, 0.25) is 12.0 Å². The highest BCUT2D eigenvalue weighted by Gasteiger charge is 2.57. The van der Waals surface area contributed by atoms with Crippen LogP contribution in [-0.4, -0.2) is 28.6 Å². The normalized spacial score (nSPS) is 21.1. The molecule has 0 aliphatic carbocycles. The largest absolute Gasteiger partial charge is 0.418 e. The molecule has 0 spiro atoms. The Hall–Kier alpha value is -3.76. The van der Waals surface area contributed by atoms with Crippen molar-refractivity contribution in [1.29, 1.82) is 0 Å². The van der Waals surface area contributed by atoms with Crippen LogP contribution in [0.3, 0.4) is 0 Å². The molecular formula is C18H10F3N3O5. The molecule has 29 heavy (non-hydrogen) atoms. The molecule has 0 radical (unpaired) electrons. The number of nitro groups is 1. The van der Waals surface area contributed by atoms with Crippen LogP contribution < -0.4 is 4.90 Å². The van der Waals surface area contributed by atoms with Gasteiger partial charge in [0.15, 0.2) is 0 Å². The number of amides is 2. The van der Waals surface area contributed by atoms with E-state index in [0.717, 1.165) is 18.2 Å². The molecule has 0 unspecified atom stereocenters. The summed E-state index contributed by atoms with van der Waals surface area (Å²) in [5.41, 5.74) is -1.60. The van der Waals surface area contributed by atoms with Gasteiger partial charge in [-0.05, 0) is 24.3 Å². The lowest BCUT2D eigenvalue weighted by molar-refractivity contribution is -0.384. The molecule has 0 aromatic heterocycles. The number of anilines is 1. The van der Waals surface area contributed by atoms with E-state index in [2.05, 4.69) is 5.16 Å². The number of benzene rings is 2. The van der Waals surface area contributed by atoms with Crippen LogP contribution in [0.5, 0.6) is 0 Å². The van der Waals surface area contributed by atoms with Crippen molar-refractivity contribution in [2.75, 3.05) is 4.90 Å². The first-order valence-electron chi connectivity index (χ1n) is 8.22. The van der Waals surface area contributed by atoms with Crippen molar-refractivity contribution in [3.63, 3.8) is 0 Å². The molecule has 2 atom stereocenters. The number of para-hydroxylation sites is 1. The van der Waals surface area contributed by atoms with Gasteiger partial charge >= 0.3 is 6.18 Å².